The Morgan fingerprint density at radius 2 is 1.78 bits per heavy atom. The molecule has 0 aliphatic rings. The van der Waals surface area contributed by atoms with Crippen LogP contribution in [-0.2, 0) is 22.2 Å². The van der Waals surface area contributed by atoms with E-state index in [2.05, 4.69) is 14.9 Å². The Bertz CT molecular complexity index is 981. The molecule has 0 saturated carbocycles. The van der Waals surface area contributed by atoms with Crippen LogP contribution in [0.5, 0.6) is 5.75 Å². The molecule has 2 aromatic carbocycles. The molecule has 0 aliphatic heterocycles. The van der Waals surface area contributed by atoms with Crippen LogP contribution >= 0.6 is 0 Å². The predicted octanol–water partition coefficient (Wildman–Crippen LogP) is 2.72. The molecule has 0 amide bonds. The molecular formula is C19H21N3O4S. The highest BCUT2D eigenvalue weighted by atomic mass is 32.2. The van der Waals surface area contributed by atoms with Gasteiger partial charge in [-0.3, -0.25) is 0 Å². The standard InChI is InChI=1S/C19H21N3O4S/c1-14-3-5-15(6-4-14)13-27(23,24)20-12-11-18-21-19(22-26-18)16-7-9-17(25-2)10-8-16/h3-10,20H,11-13H2,1-2H3. The van der Waals surface area contributed by atoms with Crippen LogP contribution in [-0.4, -0.2) is 32.2 Å². The van der Waals surface area contributed by atoms with Gasteiger partial charge in [-0.1, -0.05) is 35.0 Å². The molecule has 0 spiro atoms. The minimum Gasteiger partial charge on any atom is -0.497 e. The van der Waals surface area contributed by atoms with Crippen molar-refractivity contribution in [1.82, 2.24) is 14.9 Å². The lowest BCUT2D eigenvalue weighted by atomic mass is 10.2. The second kappa shape index (κ2) is 8.32. The largest absolute Gasteiger partial charge is 0.497 e. The molecule has 0 bridgehead atoms. The average molecular weight is 387 g/mol. The van der Waals surface area contributed by atoms with Crippen LogP contribution in [0.4, 0.5) is 0 Å². The summed E-state index contributed by atoms with van der Waals surface area (Å²) < 4.78 is 37.2. The number of hydrogen-bond donors (Lipinski definition) is 1. The third kappa shape index (κ3) is 5.38. The summed E-state index contributed by atoms with van der Waals surface area (Å²) in [6.07, 6.45) is 0.316. The fourth-order valence-corrected chi connectivity index (χ4v) is 3.63. The van der Waals surface area contributed by atoms with Gasteiger partial charge >= 0.3 is 0 Å². The second-order valence-electron chi connectivity index (χ2n) is 6.13. The summed E-state index contributed by atoms with van der Waals surface area (Å²) in [5, 5.41) is 3.93. The summed E-state index contributed by atoms with van der Waals surface area (Å²) in [5.41, 5.74) is 2.63. The van der Waals surface area contributed by atoms with E-state index in [0.717, 1.165) is 22.4 Å². The summed E-state index contributed by atoms with van der Waals surface area (Å²) in [7, 11) is -1.83. The average Bonchev–Trinajstić information content (AvgIpc) is 3.12. The van der Waals surface area contributed by atoms with Gasteiger partial charge in [0.1, 0.15) is 5.75 Å². The van der Waals surface area contributed by atoms with E-state index in [4.69, 9.17) is 9.26 Å². The maximum atomic E-state index is 12.2. The summed E-state index contributed by atoms with van der Waals surface area (Å²) >= 11 is 0. The van der Waals surface area contributed by atoms with Crippen molar-refractivity contribution < 1.29 is 17.7 Å². The first-order chi connectivity index (χ1) is 12.9. The molecule has 7 nitrogen and oxygen atoms in total. The number of ether oxygens (including phenoxy) is 1. The lowest BCUT2D eigenvalue weighted by Gasteiger charge is -2.06. The van der Waals surface area contributed by atoms with E-state index in [1.807, 2.05) is 55.5 Å². The molecule has 3 rings (SSSR count). The Hall–Kier alpha value is -2.71. The molecule has 0 aliphatic carbocycles. The van der Waals surface area contributed by atoms with Crippen molar-refractivity contribution in [2.75, 3.05) is 13.7 Å². The summed E-state index contributed by atoms with van der Waals surface area (Å²) in [6, 6.07) is 14.7. The first-order valence-electron chi connectivity index (χ1n) is 8.45. The maximum absolute atomic E-state index is 12.2. The van der Waals surface area contributed by atoms with Gasteiger partial charge in [0, 0.05) is 18.5 Å². The molecule has 0 atom stereocenters. The molecule has 1 N–H and O–H groups in total. The molecule has 142 valence electrons. The highest BCUT2D eigenvalue weighted by Gasteiger charge is 2.13. The second-order valence-corrected chi connectivity index (χ2v) is 7.94. The molecule has 0 saturated heterocycles. The van der Waals surface area contributed by atoms with E-state index in [0.29, 0.717) is 18.1 Å². The Morgan fingerprint density at radius 3 is 2.44 bits per heavy atom. The molecule has 1 aromatic heterocycles. The molecular weight excluding hydrogens is 366 g/mol. The number of benzene rings is 2. The normalized spacial score (nSPS) is 11.5. The summed E-state index contributed by atoms with van der Waals surface area (Å²) in [6.45, 7) is 2.15. The number of hydrogen-bond acceptors (Lipinski definition) is 6. The zero-order valence-corrected chi connectivity index (χ0v) is 16.0. The topological polar surface area (TPSA) is 94.3 Å². The Kier molecular flexibility index (Phi) is 5.88. The Morgan fingerprint density at radius 1 is 1.07 bits per heavy atom. The van der Waals surface area contributed by atoms with E-state index in [1.54, 1.807) is 7.11 Å². The minimum absolute atomic E-state index is 0.0613. The van der Waals surface area contributed by atoms with Crippen molar-refractivity contribution >= 4 is 10.0 Å². The third-order valence-electron chi connectivity index (χ3n) is 3.95. The SMILES string of the molecule is COc1ccc(-c2noc(CCNS(=O)(=O)Cc3ccc(C)cc3)n2)cc1. The van der Waals surface area contributed by atoms with Crippen LogP contribution in [0.1, 0.15) is 17.0 Å². The van der Waals surface area contributed by atoms with E-state index >= 15 is 0 Å². The van der Waals surface area contributed by atoms with E-state index in [1.165, 1.54) is 0 Å². The number of aryl methyl sites for hydroxylation is 1. The number of nitrogens with zero attached hydrogens (tertiary/aromatic N) is 2. The fourth-order valence-electron chi connectivity index (χ4n) is 2.48. The van der Waals surface area contributed by atoms with Gasteiger partial charge < -0.3 is 9.26 Å². The van der Waals surface area contributed by atoms with E-state index in [-0.39, 0.29) is 12.3 Å². The van der Waals surface area contributed by atoms with E-state index < -0.39 is 10.0 Å². The first kappa shape index (κ1) is 19.1. The number of sulfonamides is 1. The maximum Gasteiger partial charge on any atom is 0.228 e. The van der Waals surface area contributed by atoms with Crippen molar-refractivity contribution in [1.29, 1.82) is 0 Å². The molecule has 3 aromatic rings. The van der Waals surface area contributed by atoms with Gasteiger partial charge in [-0.05, 0) is 36.8 Å². The molecule has 0 radical (unpaired) electrons. The van der Waals surface area contributed by atoms with Gasteiger partial charge in [-0.25, -0.2) is 13.1 Å². The van der Waals surface area contributed by atoms with Gasteiger partial charge in [-0.15, -0.1) is 0 Å². The van der Waals surface area contributed by atoms with Gasteiger partial charge in [0.25, 0.3) is 0 Å². The highest BCUT2D eigenvalue weighted by molar-refractivity contribution is 7.88. The highest BCUT2D eigenvalue weighted by Crippen LogP contribution is 2.19. The molecule has 27 heavy (non-hydrogen) atoms. The van der Waals surface area contributed by atoms with Gasteiger partial charge in [0.05, 0.1) is 12.9 Å². The number of aromatic nitrogens is 2. The van der Waals surface area contributed by atoms with E-state index in [9.17, 15) is 8.42 Å². The van der Waals surface area contributed by atoms with Crippen molar-refractivity contribution in [3.8, 4) is 17.1 Å². The molecule has 0 unspecified atom stereocenters. The molecule has 0 fully saturated rings. The Labute approximate surface area is 158 Å². The first-order valence-corrected chi connectivity index (χ1v) is 10.1. The quantitative estimate of drug-likeness (QED) is 0.639. The number of rotatable bonds is 8. The van der Waals surface area contributed by atoms with Crippen molar-refractivity contribution in [3.63, 3.8) is 0 Å². The molecule has 1 heterocycles. The monoisotopic (exact) mass is 387 g/mol. The minimum atomic E-state index is -3.42. The van der Waals surface area contributed by atoms with Crippen LogP contribution < -0.4 is 9.46 Å². The van der Waals surface area contributed by atoms with Crippen molar-refractivity contribution in [3.05, 3.63) is 65.5 Å². The van der Waals surface area contributed by atoms with Crippen LogP contribution in [0.3, 0.4) is 0 Å². The van der Waals surface area contributed by atoms with Crippen LogP contribution in [0.2, 0.25) is 0 Å². The fraction of sp³-hybridized carbons (Fsp3) is 0.263. The lowest BCUT2D eigenvalue weighted by Crippen LogP contribution is -2.27. The molecule has 8 heteroatoms. The lowest BCUT2D eigenvalue weighted by molar-refractivity contribution is 0.379. The van der Waals surface area contributed by atoms with Crippen molar-refractivity contribution in [2.45, 2.75) is 19.1 Å². The summed E-state index contributed by atoms with van der Waals surface area (Å²) in [4.78, 5) is 4.30. The summed E-state index contributed by atoms with van der Waals surface area (Å²) in [5.74, 6) is 1.51. The van der Waals surface area contributed by atoms with Crippen molar-refractivity contribution in [2.24, 2.45) is 0 Å². The smallest absolute Gasteiger partial charge is 0.228 e. The third-order valence-corrected chi connectivity index (χ3v) is 5.31. The van der Waals surface area contributed by atoms with Gasteiger partial charge in [-0.2, -0.15) is 4.98 Å². The number of nitrogens with one attached hydrogen (secondary N) is 1. The van der Waals surface area contributed by atoms with Crippen LogP contribution in [0.25, 0.3) is 11.4 Å². The zero-order chi connectivity index (χ0) is 19.3. The van der Waals surface area contributed by atoms with Gasteiger partial charge in [0.15, 0.2) is 0 Å². The van der Waals surface area contributed by atoms with Gasteiger partial charge in [0.2, 0.25) is 21.7 Å². The number of methoxy groups -OCH3 is 1. The van der Waals surface area contributed by atoms with Crippen LogP contribution in [0, 0.1) is 6.92 Å². The zero-order valence-electron chi connectivity index (χ0n) is 15.2. The van der Waals surface area contributed by atoms with Crippen LogP contribution in [0.15, 0.2) is 53.1 Å². The Balaban J connectivity index is 1.54. The predicted molar refractivity (Wildman–Crippen MR) is 102 cm³/mol.